The van der Waals surface area contributed by atoms with Crippen LogP contribution in [0.15, 0.2) is 24.3 Å². The number of amides is 1. The summed E-state index contributed by atoms with van der Waals surface area (Å²) in [7, 11) is 1.86. The minimum atomic E-state index is 0. The number of hydrogen-bond acceptors (Lipinski definition) is 3. The minimum Gasteiger partial charge on any atom is -0.492 e. The molecule has 2 bridgehead atoms. The lowest BCUT2D eigenvalue weighted by molar-refractivity contribution is -0.136. The number of likely N-dealkylation sites (N-methyl/N-ethyl adjacent to an activating group) is 1. The predicted octanol–water partition coefficient (Wildman–Crippen LogP) is 2.63. The molecule has 23 heavy (non-hydrogen) atoms. The number of aryl methyl sites for hydroxylation is 1. The third-order valence-corrected chi connectivity index (χ3v) is 5.33. The van der Waals surface area contributed by atoms with E-state index in [1.165, 1.54) is 18.4 Å². The number of halogens is 1. The normalized spacial score (nSPS) is 28.3. The molecule has 2 fully saturated rings. The number of hydrogen-bond donors (Lipinski definition) is 1. The van der Waals surface area contributed by atoms with Crippen molar-refractivity contribution in [3.8, 4) is 5.75 Å². The molecule has 128 valence electrons. The zero-order valence-electron chi connectivity index (χ0n) is 13.9. The second-order valence-corrected chi connectivity index (χ2v) is 6.86. The highest BCUT2D eigenvalue weighted by atomic mass is 35.5. The number of carbonyl (C=O) groups excluding carboxylic acids is 1. The van der Waals surface area contributed by atoms with Crippen molar-refractivity contribution in [1.29, 1.82) is 0 Å². The van der Waals surface area contributed by atoms with E-state index in [2.05, 4.69) is 0 Å². The van der Waals surface area contributed by atoms with Gasteiger partial charge in [-0.25, -0.2) is 0 Å². The first-order chi connectivity index (χ1) is 10.6. The lowest BCUT2D eigenvalue weighted by Gasteiger charge is -2.30. The molecule has 0 saturated heterocycles. The molecule has 3 rings (SSSR count). The number of benzene rings is 1. The highest BCUT2D eigenvalue weighted by Gasteiger charge is 2.49. The third-order valence-electron chi connectivity index (χ3n) is 5.33. The number of nitrogens with two attached hydrogens (primary N) is 1. The Morgan fingerprint density at radius 1 is 1.35 bits per heavy atom. The van der Waals surface area contributed by atoms with Gasteiger partial charge in [0.1, 0.15) is 12.4 Å². The number of ether oxygens (including phenoxy) is 1. The number of fused-ring (bicyclic) bond motifs is 2. The molecular weight excluding hydrogens is 312 g/mol. The van der Waals surface area contributed by atoms with Crippen LogP contribution in [-0.4, -0.2) is 37.0 Å². The minimum absolute atomic E-state index is 0. The van der Waals surface area contributed by atoms with Gasteiger partial charge in [0.15, 0.2) is 0 Å². The lowest BCUT2D eigenvalue weighted by Crippen LogP contribution is -2.46. The summed E-state index contributed by atoms with van der Waals surface area (Å²) in [6.45, 7) is 3.16. The molecule has 0 radical (unpaired) electrons. The zero-order valence-corrected chi connectivity index (χ0v) is 14.7. The molecule has 4 atom stereocenters. The number of carbonyl (C=O) groups is 1. The van der Waals surface area contributed by atoms with Crippen LogP contribution in [0, 0.1) is 24.7 Å². The van der Waals surface area contributed by atoms with Crippen LogP contribution in [0.25, 0.3) is 0 Å². The molecule has 1 aromatic rings. The molecule has 2 saturated carbocycles. The Labute approximate surface area is 144 Å². The van der Waals surface area contributed by atoms with Crippen molar-refractivity contribution in [3.05, 3.63) is 29.8 Å². The van der Waals surface area contributed by atoms with Crippen molar-refractivity contribution >= 4 is 18.3 Å². The van der Waals surface area contributed by atoms with Crippen molar-refractivity contribution in [2.75, 3.05) is 20.2 Å². The van der Waals surface area contributed by atoms with Gasteiger partial charge in [0.05, 0.1) is 12.5 Å². The molecule has 0 aromatic heterocycles. The fourth-order valence-electron chi connectivity index (χ4n) is 4.07. The molecular formula is C18H27ClN2O2. The van der Waals surface area contributed by atoms with Gasteiger partial charge in [0.25, 0.3) is 0 Å². The molecule has 0 heterocycles. The van der Waals surface area contributed by atoms with Crippen molar-refractivity contribution < 1.29 is 9.53 Å². The number of nitrogens with zero attached hydrogens (tertiary/aromatic N) is 1. The van der Waals surface area contributed by atoms with Crippen molar-refractivity contribution in [2.24, 2.45) is 23.5 Å². The highest BCUT2D eigenvalue weighted by Crippen LogP contribution is 2.48. The Morgan fingerprint density at radius 3 is 2.74 bits per heavy atom. The molecule has 4 nitrogen and oxygen atoms in total. The second-order valence-electron chi connectivity index (χ2n) is 6.86. The lowest BCUT2D eigenvalue weighted by atomic mass is 9.84. The third kappa shape index (κ3) is 3.81. The van der Waals surface area contributed by atoms with E-state index < -0.39 is 0 Å². The van der Waals surface area contributed by atoms with E-state index in [9.17, 15) is 4.79 Å². The predicted molar refractivity (Wildman–Crippen MR) is 93.9 cm³/mol. The molecule has 2 aliphatic carbocycles. The van der Waals surface area contributed by atoms with Crippen LogP contribution < -0.4 is 10.5 Å². The maximum atomic E-state index is 12.6. The Morgan fingerprint density at radius 2 is 2.09 bits per heavy atom. The molecule has 5 heteroatoms. The van der Waals surface area contributed by atoms with Crippen LogP contribution in [0.5, 0.6) is 5.75 Å². The van der Waals surface area contributed by atoms with E-state index in [1.807, 2.05) is 38.2 Å². The van der Waals surface area contributed by atoms with E-state index in [0.29, 0.717) is 25.0 Å². The Bertz CT molecular complexity index is 550. The quantitative estimate of drug-likeness (QED) is 0.898. The molecule has 0 aliphatic heterocycles. The molecule has 2 N–H and O–H groups in total. The van der Waals surface area contributed by atoms with Crippen molar-refractivity contribution in [3.63, 3.8) is 0 Å². The van der Waals surface area contributed by atoms with Gasteiger partial charge in [-0.1, -0.05) is 12.1 Å². The summed E-state index contributed by atoms with van der Waals surface area (Å²) < 4.78 is 5.73. The van der Waals surface area contributed by atoms with Crippen LogP contribution in [-0.2, 0) is 4.79 Å². The summed E-state index contributed by atoms with van der Waals surface area (Å²) in [5, 5.41) is 0. The average Bonchev–Trinajstić information content (AvgIpc) is 3.07. The summed E-state index contributed by atoms with van der Waals surface area (Å²) in [6.07, 6.45) is 3.52. The SMILES string of the molecule is Cc1cccc(OCCN(C)C(=O)C2C3CCC(C3)C2N)c1.Cl. The Hall–Kier alpha value is -1.26. The van der Waals surface area contributed by atoms with Crippen LogP contribution in [0.1, 0.15) is 24.8 Å². The largest absolute Gasteiger partial charge is 0.492 e. The first kappa shape index (κ1) is 18.1. The van der Waals surface area contributed by atoms with Crippen LogP contribution in [0.4, 0.5) is 0 Å². The Balaban J connectivity index is 0.00000192. The number of rotatable bonds is 5. The van der Waals surface area contributed by atoms with Crippen molar-refractivity contribution in [1.82, 2.24) is 4.90 Å². The van der Waals surface area contributed by atoms with Crippen LogP contribution in [0.2, 0.25) is 0 Å². The van der Waals surface area contributed by atoms with Crippen LogP contribution in [0.3, 0.4) is 0 Å². The first-order valence-corrected chi connectivity index (χ1v) is 8.26. The standard InChI is InChI=1S/C18H26N2O2.ClH/c1-12-4-3-5-15(10-12)22-9-8-20(2)18(21)16-13-6-7-14(11-13)17(16)19;/h3-5,10,13-14,16-17H,6-9,11,19H2,1-2H3;1H. The van der Waals surface area contributed by atoms with Gasteiger partial charge in [-0.05, 0) is 55.7 Å². The van der Waals surface area contributed by atoms with Gasteiger partial charge < -0.3 is 15.4 Å². The van der Waals surface area contributed by atoms with E-state index in [0.717, 1.165) is 12.2 Å². The first-order valence-electron chi connectivity index (χ1n) is 8.26. The van der Waals surface area contributed by atoms with E-state index >= 15 is 0 Å². The molecule has 1 amide bonds. The van der Waals surface area contributed by atoms with E-state index in [-0.39, 0.29) is 30.3 Å². The van der Waals surface area contributed by atoms with E-state index in [1.54, 1.807) is 4.90 Å². The maximum Gasteiger partial charge on any atom is 0.227 e. The van der Waals surface area contributed by atoms with Crippen LogP contribution >= 0.6 is 12.4 Å². The van der Waals surface area contributed by atoms with Gasteiger partial charge in [-0.2, -0.15) is 0 Å². The van der Waals surface area contributed by atoms with Gasteiger partial charge in [0, 0.05) is 13.1 Å². The topological polar surface area (TPSA) is 55.6 Å². The summed E-state index contributed by atoms with van der Waals surface area (Å²) in [5.74, 6) is 2.16. The van der Waals surface area contributed by atoms with Gasteiger partial charge >= 0.3 is 0 Å². The summed E-state index contributed by atoms with van der Waals surface area (Å²) >= 11 is 0. The van der Waals surface area contributed by atoms with E-state index in [4.69, 9.17) is 10.5 Å². The van der Waals surface area contributed by atoms with Gasteiger partial charge in [-0.15, -0.1) is 12.4 Å². The maximum absolute atomic E-state index is 12.6. The Kier molecular flexibility index (Phi) is 5.93. The average molecular weight is 339 g/mol. The molecule has 4 unspecified atom stereocenters. The highest BCUT2D eigenvalue weighted by molar-refractivity contribution is 5.85. The fraction of sp³-hybridized carbons (Fsp3) is 0.611. The van der Waals surface area contributed by atoms with Gasteiger partial charge in [-0.3, -0.25) is 4.79 Å². The van der Waals surface area contributed by atoms with Crippen molar-refractivity contribution in [2.45, 2.75) is 32.2 Å². The zero-order chi connectivity index (χ0) is 15.7. The summed E-state index contributed by atoms with van der Waals surface area (Å²) in [5.41, 5.74) is 7.44. The smallest absolute Gasteiger partial charge is 0.227 e. The molecule has 1 aromatic carbocycles. The van der Waals surface area contributed by atoms with Gasteiger partial charge in [0.2, 0.25) is 5.91 Å². The molecule has 2 aliphatic rings. The fourth-order valence-corrected chi connectivity index (χ4v) is 4.07. The monoisotopic (exact) mass is 338 g/mol. The summed E-state index contributed by atoms with van der Waals surface area (Å²) in [6, 6.07) is 8.03. The molecule has 0 spiro atoms. The summed E-state index contributed by atoms with van der Waals surface area (Å²) in [4.78, 5) is 14.4. The second kappa shape index (κ2) is 7.54.